The number of fused-ring (bicyclic) bond motifs is 1. The van der Waals surface area contributed by atoms with Gasteiger partial charge < -0.3 is 15.4 Å². The van der Waals surface area contributed by atoms with Gasteiger partial charge >= 0.3 is 0 Å². The van der Waals surface area contributed by atoms with Crippen molar-refractivity contribution in [1.29, 1.82) is 0 Å². The van der Waals surface area contributed by atoms with E-state index >= 15 is 0 Å². The zero-order valence-electron chi connectivity index (χ0n) is 12.3. The Morgan fingerprint density at radius 1 is 1.18 bits per heavy atom. The molecule has 22 heavy (non-hydrogen) atoms. The highest BCUT2D eigenvalue weighted by Crippen LogP contribution is 2.23. The van der Waals surface area contributed by atoms with Crippen molar-refractivity contribution in [3.05, 3.63) is 46.9 Å². The molecule has 1 aromatic heterocycles. The molecule has 0 aliphatic carbocycles. The fourth-order valence-corrected chi connectivity index (χ4v) is 2.71. The molecular weight excluding hydrogens is 300 g/mol. The van der Waals surface area contributed by atoms with Crippen LogP contribution in [0.5, 0.6) is 5.75 Å². The number of hydrogen-bond donors (Lipinski definition) is 2. The first-order valence-electron chi connectivity index (χ1n) is 7.49. The Balaban J connectivity index is 1.57. The van der Waals surface area contributed by atoms with Gasteiger partial charge in [0.15, 0.2) is 0 Å². The summed E-state index contributed by atoms with van der Waals surface area (Å²) in [6, 6.07) is 7.48. The maximum atomic E-state index is 6.06. The summed E-state index contributed by atoms with van der Waals surface area (Å²) in [6.07, 6.45) is 3.52. The van der Waals surface area contributed by atoms with Gasteiger partial charge in [-0.05, 0) is 25.1 Å². The Morgan fingerprint density at radius 3 is 2.95 bits per heavy atom. The summed E-state index contributed by atoms with van der Waals surface area (Å²) >= 11 is 6.06. The predicted molar refractivity (Wildman–Crippen MR) is 87.7 cm³/mol. The van der Waals surface area contributed by atoms with E-state index in [-0.39, 0.29) is 0 Å². The van der Waals surface area contributed by atoms with Crippen LogP contribution < -0.4 is 15.4 Å². The third kappa shape index (κ3) is 3.67. The van der Waals surface area contributed by atoms with Crippen molar-refractivity contribution < 1.29 is 4.74 Å². The Bertz CT molecular complexity index is 635. The third-order valence-electron chi connectivity index (χ3n) is 3.61. The van der Waals surface area contributed by atoms with Gasteiger partial charge in [0.25, 0.3) is 0 Å². The van der Waals surface area contributed by atoms with Crippen molar-refractivity contribution in [2.75, 3.05) is 31.6 Å². The van der Waals surface area contributed by atoms with Gasteiger partial charge in [0.05, 0.1) is 17.3 Å². The number of hydrogen-bond acceptors (Lipinski definition) is 5. The van der Waals surface area contributed by atoms with Crippen LogP contribution in [0.1, 0.15) is 11.3 Å². The summed E-state index contributed by atoms with van der Waals surface area (Å²) in [5.74, 6) is 1.62. The maximum Gasteiger partial charge on any atom is 0.137 e. The molecule has 3 rings (SSSR count). The number of benzene rings is 1. The van der Waals surface area contributed by atoms with E-state index in [4.69, 9.17) is 16.3 Å². The van der Waals surface area contributed by atoms with Crippen molar-refractivity contribution in [2.24, 2.45) is 0 Å². The summed E-state index contributed by atoms with van der Waals surface area (Å²) in [4.78, 5) is 8.75. The van der Waals surface area contributed by atoms with Crippen LogP contribution in [-0.2, 0) is 12.8 Å². The highest BCUT2D eigenvalue weighted by Gasteiger charge is 2.13. The largest absolute Gasteiger partial charge is 0.490 e. The second-order valence-corrected chi connectivity index (χ2v) is 5.51. The lowest BCUT2D eigenvalue weighted by molar-refractivity contribution is 0.333. The molecule has 0 amide bonds. The van der Waals surface area contributed by atoms with Gasteiger partial charge in [-0.3, -0.25) is 0 Å². The molecule has 0 unspecified atom stereocenters. The fraction of sp³-hybridized carbons (Fsp3) is 0.375. The number of ether oxygens (including phenoxy) is 1. The van der Waals surface area contributed by atoms with Crippen LogP contribution in [0.2, 0.25) is 5.02 Å². The summed E-state index contributed by atoms with van der Waals surface area (Å²) in [7, 11) is 0. The molecule has 1 aromatic carbocycles. The Labute approximate surface area is 135 Å². The average molecular weight is 319 g/mol. The number of nitrogens with one attached hydrogen (secondary N) is 2. The minimum Gasteiger partial charge on any atom is -0.490 e. The Morgan fingerprint density at radius 2 is 2.05 bits per heavy atom. The standard InChI is InChI=1S/C16H19ClN4O/c17-13-3-1-2-4-15(13)22-10-9-19-16-12-5-7-18-8-6-14(12)20-11-21-16/h1-4,11,18H,5-10H2,(H,19,20,21). The van der Waals surface area contributed by atoms with Crippen molar-refractivity contribution in [2.45, 2.75) is 12.8 Å². The van der Waals surface area contributed by atoms with Gasteiger partial charge in [0.1, 0.15) is 24.5 Å². The van der Waals surface area contributed by atoms with E-state index < -0.39 is 0 Å². The maximum absolute atomic E-state index is 6.06. The predicted octanol–water partition coefficient (Wildman–Crippen LogP) is 2.31. The second-order valence-electron chi connectivity index (χ2n) is 5.10. The second kappa shape index (κ2) is 7.42. The molecule has 0 bridgehead atoms. The normalized spacial score (nSPS) is 14.0. The number of aromatic nitrogens is 2. The lowest BCUT2D eigenvalue weighted by Gasteiger charge is -2.13. The lowest BCUT2D eigenvalue weighted by atomic mass is 10.1. The van der Waals surface area contributed by atoms with Crippen molar-refractivity contribution >= 4 is 17.4 Å². The molecular formula is C16H19ClN4O. The van der Waals surface area contributed by atoms with E-state index in [9.17, 15) is 0 Å². The minimum absolute atomic E-state index is 0.529. The van der Waals surface area contributed by atoms with E-state index in [1.54, 1.807) is 6.33 Å². The van der Waals surface area contributed by atoms with Crippen LogP contribution in [0.4, 0.5) is 5.82 Å². The number of rotatable bonds is 5. The summed E-state index contributed by atoms with van der Waals surface area (Å²) in [5, 5.41) is 7.35. The highest BCUT2D eigenvalue weighted by atomic mass is 35.5. The molecule has 2 aromatic rings. The van der Waals surface area contributed by atoms with Crippen LogP contribution in [0.15, 0.2) is 30.6 Å². The van der Waals surface area contributed by atoms with E-state index in [2.05, 4.69) is 20.6 Å². The number of para-hydroxylation sites is 1. The van der Waals surface area contributed by atoms with Crippen LogP contribution in [0.25, 0.3) is 0 Å². The van der Waals surface area contributed by atoms with E-state index in [0.29, 0.717) is 23.9 Å². The van der Waals surface area contributed by atoms with Gasteiger partial charge in [-0.1, -0.05) is 23.7 Å². The highest BCUT2D eigenvalue weighted by molar-refractivity contribution is 6.32. The summed E-state index contributed by atoms with van der Waals surface area (Å²) in [6.45, 7) is 3.13. The van der Waals surface area contributed by atoms with Crippen LogP contribution in [0.3, 0.4) is 0 Å². The molecule has 1 aliphatic heterocycles. The van der Waals surface area contributed by atoms with Gasteiger partial charge in [-0.15, -0.1) is 0 Å². The number of anilines is 1. The third-order valence-corrected chi connectivity index (χ3v) is 3.93. The molecule has 1 aliphatic rings. The first kappa shape index (κ1) is 15.1. The molecule has 6 heteroatoms. The molecule has 116 valence electrons. The SMILES string of the molecule is Clc1ccccc1OCCNc1ncnc2c1CCNCC2. The van der Waals surface area contributed by atoms with E-state index in [0.717, 1.165) is 37.4 Å². The van der Waals surface area contributed by atoms with Gasteiger partial charge in [-0.25, -0.2) is 9.97 Å². The fourth-order valence-electron chi connectivity index (χ4n) is 2.52. The molecule has 2 heterocycles. The zero-order valence-corrected chi connectivity index (χ0v) is 13.1. The smallest absolute Gasteiger partial charge is 0.137 e. The van der Waals surface area contributed by atoms with E-state index in [1.165, 1.54) is 5.56 Å². The zero-order chi connectivity index (χ0) is 15.2. The summed E-state index contributed by atoms with van der Waals surface area (Å²) in [5.41, 5.74) is 2.35. The van der Waals surface area contributed by atoms with Crippen LogP contribution in [0, 0.1) is 0 Å². The average Bonchev–Trinajstić information content (AvgIpc) is 2.79. The Hall–Kier alpha value is -1.85. The first-order valence-corrected chi connectivity index (χ1v) is 7.87. The molecule has 0 spiro atoms. The van der Waals surface area contributed by atoms with Crippen LogP contribution in [-0.4, -0.2) is 36.2 Å². The molecule has 2 N–H and O–H groups in total. The minimum atomic E-state index is 0.529. The molecule has 0 saturated heterocycles. The van der Waals surface area contributed by atoms with Crippen molar-refractivity contribution in [3.63, 3.8) is 0 Å². The number of halogens is 1. The molecule has 0 saturated carbocycles. The van der Waals surface area contributed by atoms with Crippen molar-refractivity contribution in [3.8, 4) is 5.75 Å². The summed E-state index contributed by atoms with van der Waals surface area (Å²) < 4.78 is 5.68. The van der Waals surface area contributed by atoms with Crippen molar-refractivity contribution in [1.82, 2.24) is 15.3 Å². The number of nitrogens with zero attached hydrogens (tertiary/aromatic N) is 2. The quantitative estimate of drug-likeness (QED) is 0.829. The molecule has 0 radical (unpaired) electrons. The van der Waals surface area contributed by atoms with Gasteiger partial charge in [0, 0.05) is 18.5 Å². The molecule has 0 fully saturated rings. The topological polar surface area (TPSA) is 59.1 Å². The lowest BCUT2D eigenvalue weighted by Crippen LogP contribution is -2.17. The van der Waals surface area contributed by atoms with E-state index in [1.807, 2.05) is 24.3 Å². The Kier molecular flexibility index (Phi) is 5.08. The molecule has 0 atom stereocenters. The monoisotopic (exact) mass is 318 g/mol. The first-order chi connectivity index (χ1) is 10.8. The van der Waals surface area contributed by atoms with Crippen LogP contribution >= 0.6 is 11.6 Å². The van der Waals surface area contributed by atoms with Gasteiger partial charge in [0.2, 0.25) is 0 Å². The van der Waals surface area contributed by atoms with Gasteiger partial charge in [-0.2, -0.15) is 0 Å². The molecule has 5 nitrogen and oxygen atoms in total.